The Morgan fingerprint density at radius 3 is 2.78 bits per heavy atom. The van der Waals surface area contributed by atoms with Crippen LogP contribution in [0.3, 0.4) is 0 Å². The van der Waals surface area contributed by atoms with Crippen molar-refractivity contribution < 1.29 is 27.8 Å². The molecule has 1 N–H and O–H groups in total. The van der Waals surface area contributed by atoms with E-state index in [1.807, 2.05) is 24.3 Å². The zero-order valence-corrected chi connectivity index (χ0v) is 17.4. The molecule has 3 aromatic rings. The number of rotatable bonds is 6. The first-order valence-electron chi connectivity index (χ1n) is 9.92. The molecular formula is C23H21F2N3O4. The number of fused-ring (bicyclic) bond motifs is 1. The van der Waals surface area contributed by atoms with Gasteiger partial charge in [0.15, 0.2) is 0 Å². The Balaban J connectivity index is 1.62. The first-order chi connectivity index (χ1) is 15.5. The quantitative estimate of drug-likeness (QED) is 0.631. The van der Waals surface area contributed by atoms with Gasteiger partial charge in [0.2, 0.25) is 12.0 Å². The van der Waals surface area contributed by atoms with Crippen LogP contribution in [0.15, 0.2) is 54.7 Å². The van der Waals surface area contributed by atoms with Crippen LogP contribution in [0.1, 0.15) is 29.2 Å². The first-order valence-corrected chi connectivity index (χ1v) is 9.92. The molecule has 0 bridgehead atoms. The zero-order valence-electron chi connectivity index (χ0n) is 17.4. The number of aromatic nitrogens is 2. The fourth-order valence-electron chi connectivity index (χ4n) is 3.59. The SMILES string of the molecule is CO[C@@H]1c2ccccc2OC[C@H]1NC(=O)C(Oc1ccnc(C)n1)c1ccc(F)cc1F. The maximum atomic E-state index is 14.6. The Bertz CT molecular complexity index is 1130. The van der Waals surface area contributed by atoms with Crippen molar-refractivity contribution in [2.75, 3.05) is 13.7 Å². The number of hydrogen-bond donors (Lipinski definition) is 1. The molecule has 0 saturated carbocycles. The molecule has 7 nitrogen and oxygen atoms in total. The van der Waals surface area contributed by atoms with Crippen LogP contribution < -0.4 is 14.8 Å². The number of halogens is 2. The summed E-state index contributed by atoms with van der Waals surface area (Å²) in [5.41, 5.74) is 0.648. The smallest absolute Gasteiger partial charge is 0.266 e. The third-order valence-electron chi connectivity index (χ3n) is 5.06. The van der Waals surface area contributed by atoms with Crippen molar-refractivity contribution in [2.45, 2.75) is 25.2 Å². The molecule has 1 aliphatic heterocycles. The van der Waals surface area contributed by atoms with Gasteiger partial charge in [-0.05, 0) is 25.1 Å². The highest BCUT2D eigenvalue weighted by Crippen LogP contribution is 2.34. The number of aryl methyl sites for hydroxylation is 1. The minimum Gasteiger partial charge on any atom is -0.491 e. The summed E-state index contributed by atoms with van der Waals surface area (Å²) in [7, 11) is 1.53. The average Bonchev–Trinajstić information content (AvgIpc) is 2.78. The highest BCUT2D eigenvalue weighted by atomic mass is 19.1. The van der Waals surface area contributed by atoms with Gasteiger partial charge in [-0.25, -0.2) is 13.8 Å². The van der Waals surface area contributed by atoms with Gasteiger partial charge in [-0.3, -0.25) is 4.79 Å². The first kappa shape index (κ1) is 21.6. The molecule has 3 atom stereocenters. The van der Waals surface area contributed by atoms with Gasteiger partial charge >= 0.3 is 0 Å². The topological polar surface area (TPSA) is 82.6 Å². The Morgan fingerprint density at radius 2 is 2.03 bits per heavy atom. The van der Waals surface area contributed by atoms with E-state index in [0.717, 1.165) is 11.6 Å². The van der Waals surface area contributed by atoms with Gasteiger partial charge in [-0.1, -0.05) is 18.2 Å². The lowest BCUT2D eigenvalue weighted by molar-refractivity contribution is -0.131. The fourth-order valence-corrected chi connectivity index (χ4v) is 3.59. The number of amides is 1. The van der Waals surface area contributed by atoms with Crippen molar-refractivity contribution in [3.8, 4) is 11.6 Å². The lowest BCUT2D eigenvalue weighted by Crippen LogP contribution is -2.48. The van der Waals surface area contributed by atoms with Crippen LogP contribution >= 0.6 is 0 Å². The second-order valence-corrected chi connectivity index (χ2v) is 7.23. The fraction of sp³-hybridized carbons (Fsp3) is 0.261. The number of carbonyl (C=O) groups excluding carboxylic acids is 1. The van der Waals surface area contributed by atoms with Gasteiger partial charge in [0, 0.05) is 36.6 Å². The van der Waals surface area contributed by atoms with Gasteiger partial charge < -0.3 is 19.5 Å². The standard InChI is InChI=1S/C23H21F2N3O4/c1-13-26-10-9-20(27-13)32-22(15-8-7-14(24)11-17(15)25)23(29)28-18-12-31-19-6-4-3-5-16(19)21(18)30-2/h3-11,18,21-22H,12H2,1-2H3,(H,28,29)/t18-,21-,22?/m1/s1. The molecule has 1 aliphatic rings. The van der Waals surface area contributed by atoms with Gasteiger partial charge in [0.1, 0.15) is 35.9 Å². The molecule has 1 amide bonds. The van der Waals surface area contributed by atoms with Gasteiger partial charge in [0.25, 0.3) is 5.91 Å². The number of methoxy groups -OCH3 is 1. The monoisotopic (exact) mass is 441 g/mol. The number of ether oxygens (including phenoxy) is 3. The minimum atomic E-state index is -1.43. The lowest BCUT2D eigenvalue weighted by atomic mass is 9.98. The highest BCUT2D eigenvalue weighted by molar-refractivity contribution is 5.83. The van der Waals surface area contributed by atoms with E-state index < -0.39 is 35.8 Å². The average molecular weight is 441 g/mol. The molecule has 2 aromatic carbocycles. The maximum Gasteiger partial charge on any atom is 0.266 e. The van der Waals surface area contributed by atoms with Crippen LogP contribution in [0.4, 0.5) is 8.78 Å². The Labute approximate surface area is 183 Å². The summed E-state index contributed by atoms with van der Waals surface area (Å²) in [6, 6.07) is 11.2. The number of carbonyl (C=O) groups is 1. The van der Waals surface area contributed by atoms with Crippen LogP contribution in [0, 0.1) is 18.6 Å². The van der Waals surface area contributed by atoms with E-state index in [1.54, 1.807) is 6.92 Å². The molecule has 0 aliphatic carbocycles. The Hall–Kier alpha value is -3.59. The molecule has 2 heterocycles. The maximum absolute atomic E-state index is 14.6. The van der Waals surface area contributed by atoms with Crippen LogP contribution in [0.2, 0.25) is 0 Å². The third kappa shape index (κ3) is 4.52. The van der Waals surface area contributed by atoms with Crippen LogP contribution in [-0.4, -0.2) is 35.6 Å². The summed E-state index contributed by atoms with van der Waals surface area (Å²) < 4.78 is 45.1. The predicted molar refractivity (Wildman–Crippen MR) is 110 cm³/mol. The summed E-state index contributed by atoms with van der Waals surface area (Å²) in [6.07, 6.45) is -0.455. The minimum absolute atomic E-state index is 0.0786. The van der Waals surface area contributed by atoms with Crippen molar-refractivity contribution in [1.82, 2.24) is 15.3 Å². The summed E-state index contributed by atoms with van der Waals surface area (Å²) in [5.74, 6) is -1.17. The Morgan fingerprint density at radius 1 is 1.22 bits per heavy atom. The number of para-hydroxylation sites is 1. The molecule has 4 rings (SSSR count). The summed E-state index contributed by atoms with van der Waals surface area (Å²) >= 11 is 0. The van der Waals surface area contributed by atoms with E-state index in [0.29, 0.717) is 17.6 Å². The van der Waals surface area contributed by atoms with E-state index in [-0.39, 0.29) is 18.1 Å². The molecule has 0 radical (unpaired) electrons. The van der Waals surface area contributed by atoms with Gasteiger partial charge in [-0.15, -0.1) is 0 Å². The third-order valence-corrected chi connectivity index (χ3v) is 5.06. The summed E-state index contributed by atoms with van der Waals surface area (Å²) in [4.78, 5) is 21.4. The largest absolute Gasteiger partial charge is 0.491 e. The van der Waals surface area contributed by atoms with Crippen LogP contribution in [-0.2, 0) is 9.53 Å². The van der Waals surface area contributed by atoms with E-state index in [9.17, 15) is 13.6 Å². The van der Waals surface area contributed by atoms with Crippen molar-refractivity contribution in [3.05, 3.63) is 83.3 Å². The number of nitrogens with zero attached hydrogens (tertiary/aromatic N) is 2. The molecule has 32 heavy (non-hydrogen) atoms. The molecule has 9 heteroatoms. The van der Waals surface area contributed by atoms with E-state index in [2.05, 4.69) is 15.3 Å². The molecule has 0 spiro atoms. The zero-order chi connectivity index (χ0) is 22.7. The summed E-state index contributed by atoms with van der Waals surface area (Å²) in [5, 5.41) is 2.82. The highest BCUT2D eigenvalue weighted by Gasteiger charge is 2.35. The molecule has 1 unspecified atom stereocenters. The normalized spacial score (nSPS) is 18.2. The van der Waals surface area contributed by atoms with E-state index in [4.69, 9.17) is 14.2 Å². The molecule has 0 fully saturated rings. The molecule has 0 saturated heterocycles. The van der Waals surface area contributed by atoms with E-state index >= 15 is 0 Å². The number of benzene rings is 2. The van der Waals surface area contributed by atoms with Crippen molar-refractivity contribution in [2.24, 2.45) is 0 Å². The van der Waals surface area contributed by atoms with Crippen LogP contribution in [0.5, 0.6) is 11.6 Å². The van der Waals surface area contributed by atoms with Crippen molar-refractivity contribution >= 4 is 5.91 Å². The van der Waals surface area contributed by atoms with Crippen molar-refractivity contribution in [1.29, 1.82) is 0 Å². The van der Waals surface area contributed by atoms with Crippen LogP contribution in [0.25, 0.3) is 0 Å². The van der Waals surface area contributed by atoms with E-state index in [1.165, 1.54) is 25.4 Å². The second kappa shape index (κ2) is 9.27. The lowest BCUT2D eigenvalue weighted by Gasteiger charge is -2.34. The van der Waals surface area contributed by atoms with Gasteiger partial charge in [-0.2, -0.15) is 4.98 Å². The molecular weight excluding hydrogens is 420 g/mol. The Kier molecular flexibility index (Phi) is 6.27. The molecule has 166 valence electrons. The predicted octanol–water partition coefficient (Wildman–Crippen LogP) is 3.45. The van der Waals surface area contributed by atoms with Crippen molar-refractivity contribution in [3.63, 3.8) is 0 Å². The number of nitrogens with one attached hydrogen (secondary N) is 1. The molecule has 1 aromatic heterocycles. The van der Waals surface area contributed by atoms with Gasteiger partial charge in [0.05, 0.1) is 6.04 Å². The second-order valence-electron chi connectivity index (χ2n) is 7.23. The number of hydrogen-bond acceptors (Lipinski definition) is 6. The summed E-state index contributed by atoms with van der Waals surface area (Å²) in [6.45, 7) is 1.80.